The SMILES string of the molecule is C1=CC2c3[nH]c(-c4cccs4)nc3-c3cccnc3C2N=C1.[Ru+3].c1c[nH]c(-c2ncc[nH]2)n1.c1c[nH]c(-c2ncc[nH]2)n1. The third-order valence-electron chi connectivity index (χ3n) is 6.63. The Hall–Kier alpha value is -5.07. The quantitative estimate of drug-likeness (QED) is 0.154. The van der Waals surface area contributed by atoms with E-state index in [0.29, 0.717) is 0 Å². The molecule has 7 aromatic rings. The van der Waals surface area contributed by atoms with E-state index in [1.807, 2.05) is 30.6 Å². The zero-order chi connectivity index (χ0) is 28.1. The monoisotopic (exact) mass is 674 g/mol. The summed E-state index contributed by atoms with van der Waals surface area (Å²) in [5.74, 6) is 4.19. The summed E-state index contributed by atoms with van der Waals surface area (Å²) in [6.07, 6.45) is 21.7. The van der Waals surface area contributed by atoms with E-state index < -0.39 is 0 Å². The largest absolute Gasteiger partial charge is 3.00 e. The zero-order valence-corrected chi connectivity index (χ0v) is 24.9. The van der Waals surface area contributed by atoms with Gasteiger partial charge < -0.3 is 24.9 Å². The second-order valence-electron chi connectivity index (χ2n) is 9.17. The smallest absolute Gasteiger partial charge is 0.342 e. The Balaban J connectivity index is 0.000000131. The van der Waals surface area contributed by atoms with Gasteiger partial charge in [0.15, 0.2) is 23.3 Å². The summed E-state index contributed by atoms with van der Waals surface area (Å²) in [6, 6.07) is 8.23. The van der Waals surface area contributed by atoms with E-state index in [1.54, 1.807) is 60.9 Å². The maximum atomic E-state index is 4.85. The first kappa shape index (κ1) is 28.1. The number of aromatic amines is 5. The summed E-state index contributed by atoms with van der Waals surface area (Å²) in [5.41, 5.74) is 4.26. The number of aromatic nitrogens is 11. The first-order valence-electron chi connectivity index (χ1n) is 13.1. The van der Waals surface area contributed by atoms with Crippen molar-refractivity contribution in [2.75, 3.05) is 0 Å². The molecule has 0 bridgehead atoms. The van der Waals surface area contributed by atoms with Crippen LogP contribution in [0.25, 0.3) is 45.3 Å². The number of H-pyrrole nitrogens is 5. The van der Waals surface area contributed by atoms with E-state index in [4.69, 9.17) is 4.98 Å². The van der Waals surface area contributed by atoms with Gasteiger partial charge in [-0.05, 0) is 29.7 Å². The fourth-order valence-electron chi connectivity index (χ4n) is 4.80. The summed E-state index contributed by atoms with van der Waals surface area (Å²) in [7, 11) is 0. The molecule has 0 saturated heterocycles. The van der Waals surface area contributed by atoms with Crippen LogP contribution in [0.2, 0.25) is 0 Å². The maximum Gasteiger partial charge on any atom is 3.00 e. The first-order valence-corrected chi connectivity index (χ1v) is 14.0. The van der Waals surface area contributed by atoms with E-state index in [0.717, 1.165) is 56.6 Å². The van der Waals surface area contributed by atoms with Crippen LogP contribution in [0.3, 0.4) is 0 Å². The summed E-state index contributed by atoms with van der Waals surface area (Å²) in [5, 5.41) is 2.07. The molecule has 0 aromatic carbocycles. The number of rotatable bonds is 3. The predicted octanol–water partition coefficient (Wildman–Crippen LogP) is 5.58. The van der Waals surface area contributed by atoms with Gasteiger partial charge in [0.05, 0.1) is 22.0 Å². The molecule has 0 saturated carbocycles. The molecule has 0 amide bonds. The van der Waals surface area contributed by atoms with Gasteiger partial charge in [-0.2, -0.15) is 0 Å². The van der Waals surface area contributed by atoms with Crippen LogP contribution in [-0.2, 0) is 19.5 Å². The number of aliphatic imine (C=N–C) groups is 1. The maximum absolute atomic E-state index is 4.85. The van der Waals surface area contributed by atoms with Crippen LogP contribution < -0.4 is 0 Å². The Morgan fingerprint density at radius 2 is 1.30 bits per heavy atom. The van der Waals surface area contributed by atoms with Crippen LogP contribution in [0, 0.1) is 0 Å². The van der Waals surface area contributed by atoms with Crippen molar-refractivity contribution in [2.45, 2.75) is 12.0 Å². The molecule has 1 aliphatic heterocycles. The van der Waals surface area contributed by atoms with Crippen molar-refractivity contribution >= 4 is 17.6 Å². The number of hydrogen-bond acceptors (Lipinski definition) is 8. The van der Waals surface area contributed by atoms with E-state index >= 15 is 0 Å². The van der Waals surface area contributed by atoms with Crippen molar-refractivity contribution in [3.63, 3.8) is 0 Å². The molecule has 12 nitrogen and oxygen atoms in total. The van der Waals surface area contributed by atoms with Crippen LogP contribution in [0.5, 0.6) is 0 Å². The van der Waals surface area contributed by atoms with E-state index in [9.17, 15) is 0 Å². The molecule has 9 rings (SSSR count). The van der Waals surface area contributed by atoms with Crippen LogP contribution >= 0.6 is 11.3 Å². The molecule has 43 heavy (non-hydrogen) atoms. The fourth-order valence-corrected chi connectivity index (χ4v) is 5.47. The van der Waals surface area contributed by atoms with Gasteiger partial charge >= 0.3 is 19.5 Å². The topological polar surface area (TPSA) is 169 Å². The average molecular weight is 674 g/mol. The van der Waals surface area contributed by atoms with Crippen molar-refractivity contribution in [3.8, 4) is 45.3 Å². The molecular formula is C29H24N12RuS+3. The molecular weight excluding hydrogens is 650 g/mol. The molecule has 14 heteroatoms. The normalized spacial score (nSPS) is 15.5. The Bertz CT molecular complexity index is 1760. The second kappa shape index (κ2) is 12.8. The molecule has 1 radical (unpaired) electrons. The van der Waals surface area contributed by atoms with Crippen molar-refractivity contribution < 1.29 is 19.5 Å². The van der Waals surface area contributed by atoms with Crippen LogP contribution in [-0.4, -0.2) is 61.0 Å². The fraction of sp³-hybridized carbons (Fsp3) is 0.0690. The number of imidazole rings is 5. The Morgan fingerprint density at radius 3 is 1.84 bits per heavy atom. The number of nitrogens with one attached hydrogen (secondary N) is 5. The van der Waals surface area contributed by atoms with Crippen molar-refractivity contribution in [1.82, 2.24) is 54.8 Å². The predicted molar refractivity (Wildman–Crippen MR) is 161 cm³/mol. The molecule has 0 fully saturated rings. The molecule has 7 aromatic heterocycles. The van der Waals surface area contributed by atoms with Gasteiger partial charge in [-0.25, -0.2) is 24.9 Å². The number of thiophene rings is 1. The zero-order valence-electron chi connectivity index (χ0n) is 22.4. The average Bonchev–Trinajstić information content (AvgIpc) is 3.89. The third kappa shape index (κ3) is 5.83. The minimum Gasteiger partial charge on any atom is -0.342 e. The first-order chi connectivity index (χ1) is 20.8. The Morgan fingerprint density at radius 1 is 0.674 bits per heavy atom. The molecule has 5 N–H and O–H groups in total. The van der Waals surface area contributed by atoms with Gasteiger partial charge in [0.2, 0.25) is 0 Å². The summed E-state index contributed by atoms with van der Waals surface area (Å²) in [4.78, 5) is 46.5. The number of nitrogens with zero attached hydrogens (tertiary/aromatic N) is 7. The molecule has 1 aliphatic carbocycles. The molecule has 8 heterocycles. The van der Waals surface area contributed by atoms with Gasteiger partial charge in [0.25, 0.3) is 0 Å². The van der Waals surface area contributed by atoms with Crippen LogP contribution in [0.15, 0.2) is 103 Å². The number of fused-ring (bicyclic) bond motifs is 6. The third-order valence-corrected chi connectivity index (χ3v) is 7.50. The minimum atomic E-state index is 0. The molecule has 211 valence electrons. The van der Waals surface area contributed by atoms with Crippen LogP contribution in [0.1, 0.15) is 23.3 Å². The van der Waals surface area contributed by atoms with E-state index in [1.165, 1.54) is 0 Å². The van der Waals surface area contributed by atoms with Gasteiger partial charge in [-0.15, -0.1) is 11.3 Å². The number of allylic oxidation sites excluding steroid dienone is 1. The van der Waals surface area contributed by atoms with Gasteiger partial charge in [0.1, 0.15) is 11.9 Å². The minimum absolute atomic E-state index is 0. The Labute approximate surface area is 262 Å². The van der Waals surface area contributed by atoms with E-state index in [-0.39, 0.29) is 31.4 Å². The molecule has 2 atom stereocenters. The van der Waals surface area contributed by atoms with Gasteiger partial charge in [0, 0.05) is 73.5 Å². The van der Waals surface area contributed by atoms with Gasteiger partial charge in [-0.1, -0.05) is 12.1 Å². The number of pyridine rings is 1. The Kier molecular flexibility index (Phi) is 8.39. The second-order valence-corrected chi connectivity index (χ2v) is 10.1. The van der Waals surface area contributed by atoms with Crippen molar-refractivity contribution in [2.24, 2.45) is 4.99 Å². The summed E-state index contributed by atoms with van der Waals surface area (Å²) >= 11 is 1.69. The summed E-state index contributed by atoms with van der Waals surface area (Å²) < 4.78 is 0. The molecule has 2 aliphatic rings. The van der Waals surface area contributed by atoms with Crippen LogP contribution in [0.4, 0.5) is 0 Å². The molecule has 2 unspecified atom stereocenters. The number of dihydropyridines is 1. The standard InChI is InChI=1S/C17H12N4S.2C6H6N4.Ru/c1-4-10-13(18-7-1)14-11(5-2-8-19-14)16-15(10)20-17(21-16)12-6-3-9-22-12;2*1-2-8-5(7-1)6-9-3-4-10-6;/h1-10,13H,(H,20,21);2*1-4H,(H,7,8)(H,9,10);/q;;;+3. The van der Waals surface area contributed by atoms with Crippen molar-refractivity contribution in [1.29, 1.82) is 0 Å². The summed E-state index contributed by atoms with van der Waals surface area (Å²) in [6.45, 7) is 0. The van der Waals surface area contributed by atoms with Gasteiger partial charge in [-0.3, -0.25) is 9.98 Å². The number of hydrogen-bond donors (Lipinski definition) is 5. The molecule has 0 spiro atoms. The van der Waals surface area contributed by atoms with E-state index in [2.05, 4.69) is 78.4 Å². The van der Waals surface area contributed by atoms with Crippen molar-refractivity contribution in [3.05, 3.63) is 109 Å².